The minimum absolute atomic E-state index is 0.0838. The first kappa shape index (κ1) is 15.7. The Morgan fingerprint density at radius 1 is 1.26 bits per heavy atom. The number of para-hydroxylation sites is 1. The van der Waals surface area contributed by atoms with Crippen LogP contribution in [0.15, 0.2) is 53.6 Å². The highest BCUT2D eigenvalue weighted by Crippen LogP contribution is 2.33. The smallest absolute Gasteiger partial charge is 0.265 e. The van der Waals surface area contributed by atoms with Crippen LogP contribution in [0.4, 0.5) is 0 Å². The number of benzene rings is 1. The van der Waals surface area contributed by atoms with Crippen LogP contribution < -0.4 is 4.74 Å². The molecule has 1 saturated heterocycles. The zero-order valence-electron chi connectivity index (χ0n) is 12.4. The number of thioether (sulfide) groups is 1. The molecule has 0 unspecified atom stereocenters. The van der Waals surface area contributed by atoms with Gasteiger partial charge in [0.1, 0.15) is 16.7 Å². The molecular weight excluding hydrogens is 328 g/mol. The van der Waals surface area contributed by atoms with E-state index in [1.807, 2.05) is 48.5 Å². The van der Waals surface area contributed by atoms with Crippen LogP contribution in [0.3, 0.4) is 0 Å². The lowest BCUT2D eigenvalue weighted by molar-refractivity contribution is -0.121. The van der Waals surface area contributed by atoms with Gasteiger partial charge in [0, 0.05) is 18.8 Å². The van der Waals surface area contributed by atoms with Gasteiger partial charge in [0.2, 0.25) is 0 Å². The van der Waals surface area contributed by atoms with E-state index in [9.17, 15) is 4.79 Å². The van der Waals surface area contributed by atoms with Crippen molar-refractivity contribution in [1.29, 1.82) is 0 Å². The number of likely N-dealkylation sites (N-methyl/N-ethyl adjacent to an activating group) is 1. The predicted octanol–water partition coefficient (Wildman–Crippen LogP) is 3.49. The lowest BCUT2D eigenvalue weighted by Gasteiger charge is -2.09. The van der Waals surface area contributed by atoms with Gasteiger partial charge in [0.25, 0.3) is 5.91 Å². The summed E-state index contributed by atoms with van der Waals surface area (Å²) in [5.74, 6) is 0.624. The molecule has 1 fully saturated rings. The summed E-state index contributed by atoms with van der Waals surface area (Å²) < 4.78 is 6.41. The Hall–Kier alpha value is -2.18. The molecule has 0 saturated carbocycles. The lowest BCUT2D eigenvalue weighted by atomic mass is 10.2. The Bertz CT molecular complexity index is 775. The number of carbonyl (C=O) groups is 1. The van der Waals surface area contributed by atoms with Gasteiger partial charge in [-0.05, 0) is 24.3 Å². The average molecular weight is 342 g/mol. The molecule has 0 bridgehead atoms. The van der Waals surface area contributed by atoms with Gasteiger partial charge in [-0.3, -0.25) is 14.7 Å². The van der Waals surface area contributed by atoms with E-state index in [-0.39, 0.29) is 5.91 Å². The van der Waals surface area contributed by atoms with E-state index in [0.717, 1.165) is 11.3 Å². The third-order valence-corrected chi connectivity index (χ3v) is 4.78. The highest BCUT2D eigenvalue weighted by Gasteiger charge is 2.28. The summed E-state index contributed by atoms with van der Waals surface area (Å²) in [5, 5.41) is 0. The first-order valence-electron chi connectivity index (χ1n) is 6.98. The van der Waals surface area contributed by atoms with E-state index in [2.05, 4.69) is 4.98 Å². The van der Waals surface area contributed by atoms with E-state index in [0.29, 0.717) is 21.6 Å². The van der Waals surface area contributed by atoms with E-state index < -0.39 is 0 Å². The first-order valence-corrected chi connectivity index (χ1v) is 8.21. The molecule has 2 aromatic rings. The SMILES string of the molecule is CN1C(=O)/C(=C\c2ccccc2OCc2ccccn2)SC1=S. The fraction of sp³-hybridized carbons (Fsp3) is 0.118. The minimum atomic E-state index is -0.0838. The van der Waals surface area contributed by atoms with E-state index in [4.69, 9.17) is 17.0 Å². The van der Waals surface area contributed by atoms with Crippen molar-refractivity contribution in [1.82, 2.24) is 9.88 Å². The molecule has 0 atom stereocenters. The molecular formula is C17H14N2O2S2. The van der Waals surface area contributed by atoms with Crippen LogP contribution in [0.2, 0.25) is 0 Å². The third kappa shape index (κ3) is 3.60. The summed E-state index contributed by atoms with van der Waals surface area (Å²) in [7, 11) is 1.68. The molecule has 0 radical (unpaired) electrons. The zero-order valence-corrected chi connectivity index (χ0v) is 14.1. The largest absolute Gasteiger partial charge is 0.487 e. The molecule has 0 N–H and O–H groups in total. The van der Waals surface area contributed by atoms with Gasteiger partial charge in [-0.25, -0.2) is 0 Å². The molecule has 6 heteroatoms. The first-order chi connectivity index (χ1) is 11.1. The molecule has 116 valence electrons. The van der Waals surface area contributed by atoms with E-state index in [1.165, 1.54) is 16.7 Å². The van der Waals surface area contributed by atoms with E-state index >= 15 is 0 Å². The zero-order chi connectivity index (χ0) is 16.2. The maximum atomic E-state index is 12.1. The molecule has 4 nitrogen and oxygen atoms in total. The normalized spacial score (nSPS) is 16.2. The van der Waals surface area contributed by atoms with Crippen molar-refractivity contribution in [3.8, 4) is 5.75 Å². The summed E-state index contributed by atoms with van der Waals surface area (Å²) >= 11 is 6.45. The molecule has 1 aliphatic heterocycles. The van der Waals surface area contributed by atoms with E-state index in [1.54, 1.807) is 13.2 Å². The fourth-order valence-corrected chi connectivity index (χ4v) is 3.22. The Kier molecular flexibility index (Phi) is 4.73. The number of aromatic nitrogens is 1. The van der Waals surface area contributed by atoms with Gasteiger partial charge < -0.3 is 4.74 Å². The van der Waals surface area contributed by atoms with Gasteiger partial charge in [-0.1, -0.05) is 48.2 Å². The highest BCUT2D eigenvalue weighted by molar-refractivity contribution is 8.26. The second-order valence-corrected chi connectivity index (χ2v) is 6.56. The fourth-order valence-electron chi connectivity index (χ4n) is 2.05. The number of thiocarbonyl (C=S) groups is 1. The second-order valence-electron chi connectivity index (χ2n) is 4.89. The number of hydrogen-bond acceptors (Lipinski definition) is 5. The number of carbonyl (C=O) groups excluding carboxylic acids is 1. The number of nitrogens with zero attached hydrogens (tertiary/aromatic N) is 2. The van der Waals surface area contributed by atoms with Crippen molar-refractivity contribution in [2.45, 2.75) is 6.61 Å². The van der Waals surface area contributed by atoms with Crippen LogP contribution in [0.1, 0.15) is 11.3 Å². The minimum Gasteiger partial charge on any atom is -0.487 e. The number of hydrogen-bond donors (Lipinski definition) is 0. The maximum Gasteiger partial charge on any atom is 0.265 e. The van der Waals surface area contributed by atoms with Crippen LogP contribution in [-0.2, 0) is 11.4 Å². The summed E-state index contributed by atoms with van der Waals surface area (Å²) in [6, 6.07) is 13.3. The summed E-state index contributed by atoms with van der Waals surface area (Å²) in [6.45, 7) is 0.375. The van der Waals surface area contributed by atoms with Gasteiger partial charge in [0.05, 0.1) is 10.6 Å². The molecule has 23 heavy (non-hydrogen) atoms. The second kappa shape index (κ2) is 6.93. The number of rotatable bonds is 4. The Morgan fingerprint density at radius 2 is 2.04 bits per heavy atom. The number of amides is 1. The highest BCUT2D eigenvalue weighted by atomic mass is 32.2. The molecule has 1 aliphatic rings. The molecule has 1 amide bonds. The number of ether oxygens (including phenoxy) is 1. The van der Waals surface area contributed by atoms with Crippen molar-refractivity contribution in [2.24, 2.45) is 0 Å². The molecule has 3 rings (SSSR count). The van der Waals surface area contributed by atoms with Gasteiger partial charge in [0.15, 0.2) is 0 Å². The molecule has 2 heterocycles. The Morgan fingerprint density at radius 3 is 2.74 bits per heavy atom. The van der Waals surface area contributed by atoms with Crippen LogP contribution in [0.5, 0.6) is 5.75 Å². The van der Waals surface area contributed by atoms with Gasteiger partial charge in [-0.15, -0.1) is 0 Å². The molecule has 1 aromatic heterocycles. The summed E-state index contributed by atoms with van der Waals surface area (Å²) in [6.07, 6.45) is 3.55. The van der Waals surface area contributed by atoms with Crippen LogP contribution >= 0.6 is 24.0 Å². The van der Waals surface area contributed by atoms with Crippen LogP contribution in [-0.4, -0.2) is 27.2 Å². The standard InChI is InChI=1S/C17H14N2O2S2/c1-19-16(20)15(23-17(19)22)10-12-6-2-3-8-14(12)21-11-13-7-4-5-9-18-13/h2-10H,11H2,1H3/b15-10+. The Labute approximate surface area is 144 Å². The number of pyridine rings is 1. The van der Waals surface area contributed by atoms with Gasteiger partial charge >= 0.3 is 0 Å². The maximum absolute atomic E-state index is 12.1. The lowest BCUT2D eigenvalue weighted by Crippen LogP contribution is -2.22. The average Bonchev–Trinajstić information content (AvgIpc) is 2.82. The third-order valence-electron chi connectivity index (χ3n) is 3.29. The van der Waals surface area contributed by atoms with Gasteiger partial charge in [-0.2, -0.15) is 0 Å². The summed E-state index contributed by atoms with van der Waals surface area (Å²) in [5.41, 5.74) is 1.69. The van der Waals surface area contributed by atoms with Crippen LogP contribution in [0, 0.1) is 0 Å². The quantitative estimate of drug-likeness (QED) is 0.628. The topological polar surface area (TPSA) is 42.4 Å². The molecule has 1 aromatic carbocycles. The monoisotopic (exact) mass is 342 g/mol. The molecule has 0 spiro atoms. The van der Waals surface area contributed by atoms with Crippen molar-refractivity contribution < 1.29 is 9.53 Å². The van der Waals surface area contributed by atoms with Crippen molar-refractivity contribution in [3.05, 3.63) is 64.8 Å². The summed E-state index contributed by atoms with van der Waals surface area (Å²) in [4.78, 5) is 18.4. The molecule has 0 aliphatic carbocycles. The van der Waals surface area contributed by atoms with Crippen molar-refractivity contribution >= 4 is 40.3 Å². The van der Waals surface area contributed by atoms with Crippen molar-refractivity contribution in [3.63, 3.8) is 0 Å². The van der Waals surface area contributed by atoms with Crippen LogP contribution in [0.25, 0.3) is 6.08 Å². The Balaban J connectivity index is 1.81. The predicted molar refractivity (Wildman–Crippen MR) is 95.9 cm³/mol. The van der Waals surface area contributed by atoms with Crippen molar-refractivity contribution in [2.75, 3.05) is 7.05 Å².